The molecule has 2 heterocycles. The fraction of sp³-hybridized carbons (Fsp3) is 0.647. The topological polar surface area (TPSA) is 17.6 Å². The van der Waals surface area contributed by atoms with E-state index < -0.39 is 0 Å². The molecule has 0 aromatic carbocycles. The molecule has 2 aromatic heterocycles. The monoisotopic (exact) mass is 290 g/mol. The first-order valence-corrected chi connectivity index (χ1v) is 8.16. The highest BCUT2D eigenvalue weighted by Gasteiger charge is 2.23. The Labute approximate surface area is 128 Å². The fourth-order valence-corrected chi connectivity index (χ4v) is 2.94. The number of hydrogen-bond acceptors (Lipinski definition) is 0. The summed E-state index contributed by atoms with van der Waals surface area (Å²) in [5.41, 5.74) is 1.41. The van der Waals surface area contributed by atoms with Gasteiger partial charge in [0.25, 0.3) is 11.6 Å². The van der Waals surface area contributed by atoms with E-state index in [0.29, 0.717) is 0 Å². The molecule has 2 aromatic rings. The van der Waals surface area contributed by atoms with E-state index in [1.165, 1.54) is 36.6 Å². The minimum absolute atomic E-state index is 0.995. The van der Waals surface area contributed by atoms with E-state index >= 15 is 0 Å². The van der Waals surface area contributed by atoms with Crippen LogP contribution in [0.1, 0.15) is 50.5 Å². The third kappa shape index (κ3) is 3.36. The molecule has 2 rings (SSSR count). The second kappa shape index (κ2) is 6.92. The maximum absolute atomic E-state index is 2.48. The van der Waals surface area contributed by atoms with Gasteiger partial charge < -0.3 is 0 Å². The lowest BCUT2D eigenvalue weighted by molar-refractivity contribution is -0.680. The highest BCUT2D eigenvalue weighted by Crippen LogP contribution is 2.10. The Kier molecular flexibility index (Phi) is 5.21. The van der Waals surface area contributed by atoms with Gasteiger partial charge in [-0.25, -0.2) is 18.3 Å². The third-order valence-electron chi connectivity index (χ3n) is 4.34. The summed E-state index contributed by atoms with van der Waals surface area (Å²) in [5, 5.41) is 0. The zero-order valence-corrected chi connectivity index (χ0v) is 14.3. The number of aryl methyl sites for hydroxylation is 3. The fourth-order valence-electron chi connectivity index (χ4n) is 2.94. The van der Waals surface area contributed by atoms with Crippen molar-refractivity contribution in [3.8, 4) is 0 Å². The molecule has 0 saturated heterocycles. The standard InChI is InChI=1S/C17H30N4/c1-6-8-10-21-15(3)19(5)14-16(21)13-17-18(4)11-12-20(17)9-7-2/h11-12,14H,6-10,13H2,1-5H3/q+2. The van der Waals surface area contributed by atoms with Crippen LogP contribution in [0.2, 0.25) is 0 Å². The Balaban J connectivity index is 2.31. The molecule has 0 fully saturated rings. The molecular weight excluding hydrogens is 260 g/mol. The Hall–Kier alpha value is -1.58. The molecule has 0 saturated carbocycles. The second-order valence-corrected chi connectivity index (χ2v) is 5.98. The number of imidazole rings is 2. The lowest BCUT2D eigenvalue weighted by atomic mass is 10.2. The Morgan fingerprint density at radius 2 is 1.81 bits per heavy atom. The SMILES string of the molecule is CCCCn1c(Cc2n(CCC)cc[n+]2C)c[n+](C)c1C. The number of aromatic nitrogens is 4. The van der Waals surface area contributed by atoms with Gasteiger partial charge in [-0.05, 0) is 12.8 Å². The maximum Gasteiger partial charge on any atom is 0.264 e. The molecule has 0 N–H and O–H groups in total. The third-order valence-corrected chi connectivity index (χ3v) is 4.34. The Morgan fingerprint density at radius 3 is 2.48 bits per heavy atom. The van der Waals surface area contributed by atoms with Crippen LogP contribution in [-0.2, 0) is 33.6 Å². The van der Waals surface area contributed by atoms with Crippen LogP contribution in [0.25, 0.3) is 0 Å². The molecule has 0 spiro atoms. The van der Waals surface area contributed by atoms with Crippen molar-refractivity contribution < 1.29 is 9.13 Å². The Morgan fingerprint density at radius 1 is 1.05 bits per heavy atom. The minimum atomic E-state index is 0.995. The molecule has 0 aliphatic carbocycles. The highest BCUT2D eigenvalue weighted by molar-refractivity contribution is 5.06. The van der Waals surface area contributed by atoms with Gasteiger partial charge in [0, 0.05) is 6.92 Å². The lowest BCUT2D eigenvalue weighted by Gasteiger charge is -2.03. The van der Waals surface area contributed by atoms with E-state index in [0.717, 1.165) is 19.5 Å². The minimum Gasteiger partial charge on any atom is -0.237 e. The molecule has 0 atom stereocenters. The molecule has 0 radical (unpaired) electrons. The zero-order valence-electron chi connectivity index (χ0n) is 14.3. The van der Waals surface area contributed by atoms with Gasteiger partial charge in [0.05, 0.1) is 27.2 Å². The van der Waals surface area contributed by atoms with E-state index in [-0.39, 0.29) is 0 Å². The summed E-state index contributed by atoms with van der Waals surface area (Å²) in [6, 6.07) is 0. The van der Waals surface area contributed by atoms with Crippen LogP contribution in [0.3, 0.4) is 0 Å². The molecule has 0 aliphatic heterocycles. The predicted molar refractivity (Wildman–Crippen MR) is 84.0 cm³/mol. The lowest BCUT2D eigenvalue weighted by Crippen LogP contribution is -2.32. The molecule has 0 aliphatic rings. The number of nitrogens with zero attached hydrogens (tertiary/aromatic N) is 4. The first-order valence-electron chi connectivity index (χ1n) is 8.16. The number of unbranched alkanes of at least 4 members (excludes halogenated alkanes) is 1. The van der Waals surface area contributed by atoms with Crippen LogP contribution in [0.4, 0.5) is 0 Å². The molecule has 0 bridgehead atoms. The summed E-state index contributed by atoms with van der Waals surface area (Å²) >= 11 is 0. The summed E-state index contributed by atoms with van der Waals surface area (Å²) in [4.78, 5) is 0. The van der Waals surface area contributed by atoms with Gasteiger partial charge in [-0.2, -0.15) is 0 Å². The van der Waals surface area contributed by atoms with Gasteiger partial charge >= 0.3 is 0 Å². The summed E-state index contributed by atoms with van der Waals surface area (Å²) in [5.74, 6) is 2.72. The molecule has 21 heavy (non-hydrogen) atoms. The van der Waals surface area contributed by atoms with Gasteiger partial charge in [-0.15, -0.1) is 0 Å². The average molecular weight is 290 g/mol. The molecular formula is C17H30N4+2. The van der Waals surface area contributed by atoms with Crippen LogP contribution >= 0.6 is 0 Å². The van der Waals surface area contributed by atoms with Crippen molar-refractivity contribution in [3.63, 3.8) is 0 Å². The van der Waals surface area contributed by atoms with E-state index in [2.05, 4.69) is 71.7 Å². The van der Waals surface area contributed by atoms with E-state index in [1.807, 2.05) is 0 Å². The van der Waals surface area contributed by atoms with Crippen molar-refractivity contribution in [2.45, 2.75) is 59.5 Å². The average Bonchev–Trinajstić information content (AvgIpc) is 2.93. The number of rotatable bonds is 7. The summed E-state index contributed by atoms with van der Waals surface area (Å²) in [6.07, 6.45) is 11.3. The van der Waals surface area contributed by atoms with Gasteiger partial charge in [-0.1, -0.05) is 20.3 Å². The predicted octanol–water partition coefficient (Wildman–Crippen LogP) is 2.05. The van der Waals surface area contributed by atoms with Crippen molar-refractivity contribution in [2.75, 3.05) is 0 Å². The summed E-state index contributed by atoms with van der Waals surface area (Å²) < 4.78 is 9.36. The zero-order chi connectivity index (χ0) is 15.4. The second-order valence-electron chi connectivity index (χ2n) is 5.98. The normalized spacial score (nSPS) is 11.3. The molecule has 0 amide bonds. The van der Waals surface area contributed by atoms with Crippen molar-refractivity contribution in [3.05, 3.63) is 35.9 Å². The van der Waals surface area contributed by atoms with Crippen molar-refractivity contribution in [2.24, 2.45) is 14.1 Å². The van der Waals surface area contributed by atoms with E-state index in [1.54, 1.807) is 0 Å². The van der Waals surface area contributed by atoms with Crippen LogP contribution in [0.15, 0.2) is 18.6 Å². The molecule has 4 heteroatoms. The first-order chi connectivity index (χ1) is 10.1. The summed E-state index contributed by atoms with van der Waals surface area (Å²) in [6.45, 7) is 8.92. The van der Waals surface area contributed by atoms with Crippen LogP contribution in [-0.4, -0.2) is 9.13 Å². The Bertz CT molecular complexity index is 592. The van der Waals surface area contributed by atoms with Gasteiger partial charge in [-0.3, -0.25) is 0 Å². The van der Waals surface area contributed by atoms with Crippen LogP contribution in [0.5, 0.6) is 0 Å². The highest BCUT2D eigenvalue weighted by atomic mass is 15.2. The van der Waals surface area contributed by atoms with Crippen molar-refractivity contribution >= 4 is 0 Å². The van der Waals surface area contributed by atoms with Crippen LogP contribution < -0.4 is 9.13 Å². The van der Waals surface area contributed by atoms with Gasteiger partial charge in [0.2, 0.25) is 0 Å². The molecule has 0 unspecified atom stereocenters. The van der Waals surface area contributed by atoms with E-state index in [9.17, 15) is 0 Å². The van der Waals surface area contributed by atoms with Crippen LogP contribution in [0, 0.1) is 6.92 Å². The molecule has 116 valence electrons. The maximum atomic E-state index is 2.48. The molecule has 4 nitrogen and oxygen atoms in total. The smallest absolute Gasteiger partial charge is 0.237 e. The van der Waals surface area contributed by atoms with Crippen molar-refractivity contribution in [1.82, 2.24) is 9.13 Å². The first kappa shape index (κ1) is 15.8. The summed E-state index contributed by atoms with van der Waals surface area (Å²) in [7, 11) is 4.29. The quantitative estimate of drug-likeness (QED) is 0.695. The van der Waals surface area contributed by atoms with Gasteiger partial charge in [0.1, 0.15) is 25.0 Å². The van der Waals surface area contributed by atoms with Gasteiger partial charge in [0.15, 0.2) is 5.69 Å². The largest absolute Gasteiger partial charge is 0.264 e. The number of hydrogen-bond donors (Lipinski definition) is 0. The van der Waals surface area contributed by atoms with E-state index in [4.69, 9.17) is 0 Å². The van der Waals surface area contributed by atoms with Crippen molar-refractivity contribution in [1.29, 1.82) is 0 Å².